The maximum absolute atomic E-state index is 13.2. The number of likely N-dealkylation sites (N-methyl/N-ethyl adjacent to an activating group) is 3. The lowest BCUT2D eigenvalue weighted by molar-refractivity contribution is -0.137. The average molecular weight is 1500 g/mol. The van der Waals surface area contributed by atoms with Gasteiger partial charge in [-0.15, -0.1) is 0 Å². The minimum atomic E-state index is -3.80. The minimum absolute atomic E-state index is 0.0338. The number of hydrogen-bond donors (Lipinski definition) is 5. The number of carbonyl (C=O) groups excluding carboxylic acids is 2. The van der Waals surface area contributed by atoms with Gasteiger partial charge in [-0.1, -0.05) is 165 Å². The predicted octanol–water partition coefficient (Wildman–Crippen LogP) is 14.3. The molecule has 0 unspecified atom stereocenters. The normalized spacial score (nSPS) is 13.5. The Morgan fingerprint density at radius 2 is 0.796 bits per heavy atom. The van der Waals surface area contributed by atoms with Crippen LogP contribution < -0.4 is 16.4 Å². The lowest BCUT2D eigenvalue weighted by Gasteiger charge is -2.32. The van der Waals surface area contributed by atoms with E-state index >= 15 is 0 Å². The summed E-state index contributed by atoms with van der Waals surface area (Å²) < 4.78 is 54.6. The van der Waals surface area contributed by atoms with Gasteiger partial charge < -0.3 is 21.5 Å². The standard InChI is InChI=1S/C31H38N4O3S.C24H32N4O.C21H28N4O2S.C10H12O2/c1-22(2)34(5)28(21-32-31(36)17-24(4)26-9-7-6-8-10-26)19-25-13-16-30-27(18-25)20-33-35(30)39(37,38)29-14-11-23(3)12-15-29;1-17(2)28(4)22(14-19-10-11-23-21(13-19)15-26-27-23)16-25-24(29)12-18(3)20-8-6-5-7-9-20;1-15(2)24(4)19(13-22)12-17-7-10-21-18(11-17)14-23-25(21)28(26,27)20-8-5-16(3)6-9-20;1-8(7-10(11)12)9-5-3-2-4-6-9/h6-16,18,20,22,24,28H,17,19,21H2,1-5H3,(H,32,36);5-11,13,15,17-18,22H,12,14,16H2,1-4H3,(H,25,29)(H,26,27);5-11,14-15,19H,12-13,22H2,1-4H3;2-6,8H,7H2,1H3,(H,11,12)/t24-,28-;18-,22-;19-;8-/m0000/s1. The predicted molar refractivity (Wildman–Crippen MR) is 435 cm³/mol. The number of nitrogens with one attached hydrogen (secondary N) is 3. The highest BCUT2D eigenvalue weighted by Gasteiger charge is 2.26. The Hall–Kier alpha value is -9.68. The molecule has 0 saturated heterocycles. The molecule has 6 N–H and O–H groups in total. The second-order valence-corrected chi connectivity index (χ2v) is 32.9. The van der Waals surface area contributed by atoms with Crippen molar-refractivity contribution in [3.8, 4) is 0 Å². The molecule has 11 rings (SSSR count). The molecule has 0 aliphatic carbocycles. The van der Waals surface area contributed by atoms with Crippen molar-refractivity contribution in [3.63, 3.8) is 0 Å². The van der Waals surface area contributed by atoms with Crippen molar-refractivity contribution in [2.45, 2.75) is 178 Å². The van der Waals surface area contributed by atoms with Crippen LogP contribution in [0.25, 0.3) is 32.7 Å². The zero-order chi connectivity index (χ0) is 78.4. The van der Waals surface area contributed by atoms with Crippen molar-refractivity contribution in [2.24, 2.45) is 5.73 Å². The Morgan fingerprint density at radius 3 is 1.16 bits per heavy atom. The van der Waals surface area contributed by atoms with Crippen molar-refractivity contribution in [2.75, 3.05) is 40.8 Å². The molecule has 0 saturated carbocycles. The summed E-state index contributed by atoms with van der Waals surface area (Å²) in [5, 5.41) is 33.0. The number of nitrogens with zero attached hydrogens (tertiary/aromatic N) is 8. The number of nitrogens with two attached hydrogens (primary N) is 1. The highest BCUT2D eigenvalue weighted by atomic mass is 32.2. The Balaban J connectivity index is 0.000000192. The van der Waals surface area contributed by atoms with Crippen LogP contribution in [0.4, 0.5) is 0 Å². The molecule has 0 aliphatic rings. The number of aryl methyl sites for hydroxylation is 2. The number of fused-ring (bicyclic) bond motifs is 3. The molecular formula is C86H110N12O8S2. The molecule has 22 heteroatoms. The minimum Gasteiger partial charge on any atom is -0.481 e. The number of H-pyrrole nitrogens is 1. The van der Waals surface area contributed by atoms with Crippen molar-refractivity contribution in [1.82, 2.24) is 53.9 Å². The molecular weight excluding hydrogens is 1390 g/mol. The number of benzene rings is 8. The monoisotopic (exact) mass is 1500 g/mol. The Morgan fingerprint density at radius 1 is 0.454 bits per heavy atom. The summed E-state index contributed by atoms with van der Waals surface area (Å²) >= 11 is 0. The number of amides is 2. The fourth-order valence-corrected chi connectivity index (χ4v) is 15.4. The fourth-order valence-electron chi connectivity index (χ4n) is 12.8. The lowest BCUT2D eigenvalue weighted by atomic mass is 9.97. The van der Waals surface area contributed by atoms with Crippen LogP contribution in [0.5, 0.6) is 0 Å². The van der Waals surface area contributed by atoms with E-state index in [1.165, 1.54) is 11.1 Å². The molecule has 2 amide bonds. The van der Waals surface area contributed by atoms with E-state index in [-0.39, 0.29) is 63.9 Å². The first-order valence-electron chi connectivity index (χ1n) is 37.2. The summed E-state index contributed by atoms with van der Waals surface area (Å²) in [5.74, 6) is -0.154. The molecule has 0 fully saturated rings. The quantitative estimate of drug-likeness (QED) is 0.0280. The number of carboxylic acid groups (broad SMARTS) is 1. The third-order valence-electron chi connectivity index (χ3n) is 20.3. The van der Waals surface area contributed by atoms with Gasteiger partial charge in [0.05, 0.1) is 51.4 Å². The van der Waals surface area contributed by atoms with Crippen molar-refractivity contribution >= 4 is 70.5 Å². The smallest absolute Gasteiger partial charge is 0.303 e. The van der Waals surface area contributed by atoms with Crippen LogP contribution in [-0.2, 0) is 53.7 Å². The number of carbonyl (C=O) groups is 3. The molecule has 8 aromatic carbocycles. The van der Waals surface area contributed by atoms with Gasteiger partial charge in [0, 0.05) is 84.9 Å². The van der Waals surface area contributed by atoms with E-state index in [1.54, 1.807) is 60.9 Å². The fraction of sp³-hybridized carbons (Fsp3) is 0.372. The number of carboxylic acids is 1. The third-order valence-corrected chi connectivity index (χ3v) is 23.5. The van der Waals surface area contributed by atoms with Gasteiger partial charge in [-0.2, -0.15) is 40.3 Å². The van der Waals surface area contributed by atoms with Crippen LogP contribution >= 0.6 is 0 Å². The van der Waals surface area contributed by atoms with E-state index in [9.17, 15) is 31.2 Å². The second-order valence-electron chi connectivity index (χ2n) is 29.3. The van der Waals surface area contributed by atoms with E-state index in [1.807, 2.05) is 130 Å². The van der Waals surface area contributed by atoms with Crippen molar-refractivity contribution < 1.29 is 36.3 Å². The van der Waals surface area contributed by atoms with Gasteiger partial charge in [-0.05, 0) is 208 Å². The van der Waals surface area contributed by atoms with Crippen LogP contribution in [-0.4, -0.2) is 160 Å². The molecule has 0 spiro atoms. The summed E-state index contributed by atoms with van der Waals surface area (Å²) in [4.78, 5) is 43.0. The third kappa shape index (κ3) is 23.4. The second kappa shape index (κ2) is 39.4. The van der Waals surface area contributed by atoms with Gasteiger partial charge in [-0.3, -0.25) is 34.2 Å². The molecule has 3 aromatic heterocycles. The summed E-state index contributed by atoms with van der Waals surface area (Å²) in [6.07, 6.45) is 8.58. The lowest BCUT2D eigenvalue weighted by Crippen LogP contribution is -2.46. The SMILES string of the molecule is CC(C)N(C)[C@H](CNC(=O)C[C@H](C)c1ccccc1)Cc1ccc2[nH]ncc2c1.C[C@@H](CC(=O)O)c1ccccc1.Cc1ccc(S(=O)(=O)n2ncc3cc(C[C@@H](CN)N(C)C(C)C)ccc32)cc1.Cc1ccc(S(=O)(=O)n2ncc3cc(C[C@@H](CNC(=O)C[C@H](C)c4ccccc4)N(C)C(C)C)ccc32)cc1. The van der Waals surface area contributed by atoms with Gasteiger partial charge in [0.2, 0.25) is 11.8 Å². The molecule has 0 bridgehead atoms. The van der Waals surface area contributed by atoms with Crippen LogP contribution in [0.2, 0.25) is 0 Å². The summed E-state index contributed by atoms with van der Waals surface area (Å²) in [5.41, 5.74) is 17.0. The first-order valence-corrected chi connectivity index (χ1v) is 40.1. The van der Waals surface area contributed by atoms with E-state index in [0.717, 1.165) is 76.1 Å². The molecule has 6 atom stereocenters. The molecule has 0 aliphatic heterocycles. The van der Waals surface area contributed by atoms with Crippen molar-refractivity contribution in [1.29, 1.82) is 0 Å². The number of aliphatic carboxylic acids is 1. The zero-order valence-electron chi connectivity index (χ0n) is 65.0. The molecule has 574 valence electrons. The van der Waals surface area contributed by atoms with Crippen LogP contribution in [0, 0.1) is 13.8 Å². The Kier molecular flexibility index (Phi) is 30.7. The highest BCUT2D eigenvalue weighted by molar-refractivity contribution is 7.90. The zero-order valence-corrected chi connectivity index (χ0v) is 66.7. The van der Waals surface area contributed by atoms with Crippen LogP contribution in [0.3, 0.4) is 0 Å². The van der Waals surface area contributed by atoms with E-state index in [0.29, 0.717) is 68.1 Å². The molecule has 20 nitrogen and oxygen atoms in total. The van der Waals surface area contributed by atoms with Crippen LogP contribution in [0.1, 0.15) is 144 Å². The number of rotatable bonds is 30. The van der Waals surface area contributed by atoms with Gasteiger partial charge in [0.25, 0.3) is 20.0 Å². The van der Waals surface area contributed by atoms with Gasteiger partial charge in [0.1, 0.15) is 0 Å². The van der Waals surface area contributed by atoms with Crippen molar-refractivity contribution in [3.05, 3.63) is 257 Å². The summed E-state index contributed by atoms with van der Waals surface area (Å²) in [6, 6.07) is 63.1. The van der Waals surface area contributed by atoms with Gasteiger partial charge in [-0.25, -0.2) is 0 Å². The van der Waals surface area contributed by atoms with Gasteiger partial charge >= 0.3 is 5.97 Å². The Labute approximate surface area is 639 Å². The summed E-state index contributed by atoms with van der Waals surface area (Å²) in [6.45, 7) is 24.6. The largest absolute Gasteiger partial charge is 0.481 e. The van der Waals surface area contributed by atoms with E-state index in [4.69, 9.17) is 10.8 Å². The highest BCUT2D eigenvalue weighted by Crippen LogP contribution is 2.28. The molecule has 0 radical (unpaired) electrons. The van der Waals surface area contributed by atoms with Crippen LogP contribution in [0.15, 0.2) is 223 Å². The first-order chi connectivity index (χ1) is 51.4. The molecule has 3 heterocycles. The Bertz CT molecular complexity index is 4900. The number of hydrogen-bond acceptors (Lipinski definition) is 14. The van der Waals surface area contributed by atoms with E-state index in [2.05, 4.69) is 165 Å². The molecule has 11 aromatic rings. The first kappa shape index (κ1) is 84.0. The maximum Gasteiger partial charge on any atom is 0.303 e. The molecule has 108 heavy (non-hydrogen) atoms. The topological polar surface area (TPSA) is 264 Å². The van der Waals surface area contributed by atoms with E-state index < -0.39 is 26.0 Å². The number of aromatic amines is 1. The van der Waals surface area contributed by atoms with Gasteiger partial charge in [0.15, 0.2) is 0 Å². The number of aromatic nitrogens is 6. The average Bonchev–Trinajstić information content (AvgIpc) is 1.61. The maximum atomic E-state index is 13.2. The summed E-state index contributed by atoms with van der Waals surface area (Å²) in [7, 11) is -1.25.